The largest absolute Gasteiger partial charge is 0.411 e. The molecule has 0 amide bonds. The van der Waals surface area contributed by atoms with E-state index in [0.29, 0.717) is 0 Å². The van der Waals surface area contributed by atoms with Crippen LogP contribution in [-0.2, 0) is 9.47 Å². The molecular formula is C7H8F8O2. The fraction of sp³-hybridized carbons (Fsp3) is 1.00. The van der Waals surface area contributed by atoms with Gasteiger partial charge in [-0.2, -0.15) is 26.3 Å². The molecular weight excluding hydrogens is 268 g/mol. The summed E-state index contributed by atoms with van der Waals surface area (Å²) in [4.78, 5) is 0. The van der Waals surface area contributed by atoms with Gasteiger partial charge in [0.15, 0.2) is 0 Å². The lowest BCUT2D eigenvalue weighted by atomic mass is 10.4. The maximum absolute atomic E-state index is 12.6. The zero-order valence-corrected chi connectivity index (χ0v) is 8.17. The minimum Gasteiger partial charge on any atom is -0.366 e. The molecule has 104 valence electrons. The van der Waals surface area contributed by atoms with Gasteiger partial charge in [0.1, 0.15) is 26.4 Å². The van der Waals surface area contributed by atoms with Crippen molar-refractivity contribution < 1.29 is 44.6 Å². The van der Waals surface area contributed by atoms with Crippen molar-refractivity contribution >= 4 is 0 Å². The van der Waals surface area contributed by atoms with E-state index in [1.807, 2.05) is 0 Å². The normalized spacial score (nSPS) is 14.1. The highest BCUT2D eigenvalue weighted by atomic mass is 19.4. The second-order valence-electron chi connectivity index (χ2n) is 3.07. The maximum Gasteiger partial charge on any atom is 0.411 e. The Hall–Kier alpha value is -0.640. The summed E-state index contributed by atoms with van der Waals surface area (Å²) in [5, 5.41) is 0. The second-order valence-corrected chi connectivity index (χ2v) is 3.07. The maximum atomic E-state index is 12.6. The predicted octanol–water partition coefficient (Wildman–Crippen LogP) is 2.78. The van der Waals surface area contributed by atoms with Crippen molar-refractivity contribution in [3.05, 3.63) is 0 Å². The highest BCUT2D eigenvalue weighted by Gasteiger charge is 2.36. The van der Waals surface area contributed by atoms with Gasteiger partial charge >= 0.3 is 12.4 Å². The molecule has 0 atom stereocenters. The molecule has 0 aromatic rings. The van der Waals surface area contributed by atoms with E-state index >= 15 is 0 Å². The van der Waals surface area contributed by atoms with Crippen molar-refractivity contribution in [3.63, 3.8) is 0 Å². The highest BCUT2D eigenvalue weighted by molar-refractivity contribution is 4.65. The first-order valence-electron chi connectivity index (χ1n) is 4.08. The van der Waals surface area contributed by atoms with Gasteiger partial charge in [-0.05, 0) is 0 Å². The Labute approximate surface area is 90.5 Å². The standard InChI is InChI=1S/C7H8F8O2/c8-5(9,1-16-3-6(10,11)12)2-17-4-7(13,14)15/h1-4H2. The predicted molar refractivity (Wildman–Crippen MR) is 38.7 cm³/mol. The molecule has 0 spiro atoms. The van der Waals surface area contributed by atoms with Crippen molar-refractivity contribution in [2.45, 2.75) is 18.3 Å². The van der Waals surface area contributed by atoms with E-state index in [0.717, 1.165) is 0 Å². The van der Waals surface area contributed by atoms with E-state index in [-0.39, 0.29) is 0 Å². The third-order valence-electron chi connectivity index (χ3n) is 1.16. The van der Waals surface area contributed by atoms with Crippen molar-refractivity contribution in [1.82, 2.24) is 0 Å². The van der Waals surface area contributed by atoms with Gasteiger partial charge in [-0.15, -0.1) is 0 Å². The third-order valence-corrected chi connectivity index (χ3v) is 1.16. The fourth-order valence-corrected chi connectivity index (χ4v) is 0.674. The lowest BCUT2D eigenvalue weighted by molar-refractivity contribution is -0.214. The summed E-state index contributed by atoms with van der Waals surface area (Å²) in [6, 6.07) is 0. The zero-order chi connectivity index (χ0) is 13.7. The molecule has 0 saturated heterocycles. The summed E-state index contributed by atoms with van der Waals surface area (Å²) in [5.41, 5.74) is 0. The van der Waals surface area contributed by atoms with Crippen LogP contribution in [0.15, 0.2) is 0 Å². The van der Waals surface area contributed by atoms with E-state index in [2.05, 4.69) is 9.47 Å². The molecule has 0 aliphatic carbocycles. The molecule has 0 fully saturated rings. The monoisotopic (exact) mass is 276 g/mol. The Morgan fingerprint density at radius 1 is 0.529 bits per heavy atom. The van der Waals surface area contributed by atoms with Gasteiger partial charge in [-0.3, -0.25) is 0 Å². The summed E-state index contributed by atoms with van der Waals surface area (Å²) in [6.45, 7) is -7.13. The van der Waals surface area contributed by atoms with Gasteiger partial charge in [-0.25, -0.2) is 8.78 Å². The molecule has 0 aromatic carbocycles. The average Bonchev–Trinajstić information content (AvgIpc) is 1.96. The molecule has 0 N–H and O–H groups in total. The first kappa shape index (κ1) is 16.4. The lowest BCUT2D eigenvalue weighted by Crippen LogP contribution is -2.33. The van der Waals surface area contributed by atoms with Crippen LogP contribution in [0.4, 0.5) is 35.1 Å². The SMILES string of the molecule is FC(F)(F)COCC(F)(F)COCC(F)(F)F. The van der Waals surface area contributed by atoms with Crippen LogP contribution in [0.3, 0.4) is 0 Å². The Morgan fingerprint density at radius 3 is 1.06 bits per heavy atom. The Balaban J connectivity index is 3.81. The Bertz CT molecular complexity index is 199. The van der Waals surface area contributed by atoms with E-state index in [1.54, 1.807) is 0 Å². The van der Waals surface area contributed by atoms with Crippen molar-refractivity contribution in [3.8, 4) is 0 Å². The smallest absolute Gasteiger partial charge is 0.366 e. The zero-order valence-electron chi connectivity index (χ0n) is 8.17. The van der Waals surface area contributed by atoms with Crippen molar-refractivity contribution in [1.29, 1.82) is 0 Å². The summed E-state index contributed by atoms with van der Waals surface area (Å²) >= 11 is 0. The minimum atomic E-state index is -4.77. The third kappa shape index (κ3) is 11.6. The molecule has 0 aromatic heterocycles. The number of alkyl halides is 8. The molecule has 0 radical (unpaired) electrons. The number of hydrogen-bond acceptors (Lipinski definition) is 2. The molecule has 17 heavy (non-hydrogen) atoms. The van der Waals surface area contributed by atoms with Crippen LogP contribution in [-0.4, -0.2) is 44.7 Å². The van der Waals surface area contributed by atoms with Crippen LogP contribution < -0.4 is 0 Å². The topological polar surface area (TPSA) is 18.5 Å². The summed E-state index contributed by atoms with van der Waals surface area (Å²) in [6.07, 6.45) is -9.55. The van der Waals surface area contributed by atoms with Crippen LogP contribution in [0.5, 0.6) is 0 Å². The van der Waals surface area contributed by atoms with Gasteiger partial charge in [0.05, 0.1) is 0 Å². The van der Waals surface area contributed by atoms with Crippen molar-refractivity contribution in [2.24, 2.45) is 0 Å². The summed E-state index contributed by atoms with van der Waals surface area (Å²) < 4.78 is 101. The van der Waals surface area contributed by atoms with Gasteiger partial charge in [-0.1, -0.05) is 0 Å². The molecule has 0 bridgehead atoms. The van der Waals surface area contributed by atoms with Gasteiger partial charge in [0.25, 0.3) is 5.92 Å². The first-order chi connectivity index (χ1) is 7.41. The Kier molecular flexibility index (Phi) is 5.59. The van der Waals surface area contributed by atoms with E-state index < -0.39 is 44.7 Å². The number of halogens is 8. The van der Waals surface area contributed by atoms with Crippen LogP contribution in [0.1, 0.15) is 0 Å². The molecule has 0 saturated carbocycles. The molecule has 0 heterocycles. The van der Waals surface area contributed by atoms with Crippen LogP contribution in [0, 0.1) is 0 Å². The fourth-order valence-electron chi connectivity index (χ4n) is 0.674. The number of rotatable bonds is 6. The number of hydrogen-bond donors (Lipinski definition) is 0. The van der Waals surface area contributed by atoms with E-state index in [4.69, 9.17) is 0 Å². The molecule has 0 unspecified atom stereocenters. The van der Waals surface area contributed by atoms with Gasteiger partial charge in [0.2, 0.25) is 0 Å². The highest BCUT2D eigenvalue weighted by Crippen LogP contribution is 2.20. The molecule has 10 heteroatoms. The molecule has 0 aliphatic rings. The summed E-state index contributed by atoms with van der Waals surface area (Å²) in [7, 11) is 0. The lowest BCUT2D eigenvalue weighted by Gasteiger charge is -2.17. The quantitative estimate of drug-likeness (QED) is 0.694. The molecule has 2 nitrogen and oxygen atoms in total. The van der Waals surface area contributed by atoms with Crippen LogP contribution >= 0.6 is 0 Å². The minimum absolute atomic E-state index is 1.66. The van der Waals surface area contributed by atoms with Crippen LogP contribution in [0.25, 0.3) is 0 Å². The first-order valence-corrected chi connectivity index (χ1v) is 4.08. The van der Waals surface area contributed by atoms with Gasteiger partial charge in [0, 0.05) is 0 Å². The van der Waals surface area contributed by atoms with Crippen molar-refractivity contribution in [2.75, 3.05) is 26.4 Å². The van der Waals surface area contributed by atoms with Gasteiger partial charge < -0.3 is 9.47 Å². The molecule has 0 aliphatic heterocycles. The van der Waals surface area contributed by atoms with Crippen LogP contribution in [0.2, 0.25) is 0 Å². The second kappa shape index (κ2) is 5.80. The number of ether oxygens (including phenoxy) is 2. The van der Waals surface area contributed by atoms with E-state index in [9.17, 15) is 35.1 Å². The Morgan fingerprint density at radius 2 is 0.824 bits per heavy atom. The average molecular weight is 276 g/mol. The molecule has 0 rings (SSSR count). The van der Waals surface area contributed by atoms with E-state index in [1.165, 1.54) is 0 Å². The summed E-state index contributed by atoms with van der Waals surface area (Å²) in [5.74, 6) is -3.91.